The Labute approximate surface area is 203 Å². The van der Waals surface area contributed by atoms with Gasteiger partial charge in [0.15, 0.2) is 0 Å². The molecule has 0 aliphatic carbocycles. The molecule has 0 fully saturated rings. The summed E-state index contributed by atoms with van der Waals surface area (Å²) in [6, 6.07) is 18.2. The number of aliphatic imine (C=N–C) groups is 1. The van der Waals surface area contributed by atoms with Gasteiger partial charge in [-0.2, -0.15) is 0 Å². The van der Waals surface area contributed by atoms with Crippen LogP contribution in [0, 0.1) is 6.92 Å². The quantitative estimate of drug-likeness (QED) is 0.312. The summed E-state index contributed by atoms with van der Waals surface area (Å²) in [4.78, 5) is 9.28. The average molecular weight is 476 g/mol. The number of nitrogens with zero attached hydrogens (tertiary/aromatic N) is 2. The largest absolute Gasteiger partial charge is 0.404 e. The third-order valence-corrected chi connectivity index (χ3v) is 7.21. The van der Waals surface area contributed by atoms with E-state index >= 15 is 0 Å². The number of aromatic nitrogens is 1. The lowest BCUT2D eigenvalue weighted by molar-refractivity contribution is 0.299. The summed E-state index contributed by atoms with van der Waals surface area (Å²) >= 11 is 7.81. The van der Waals surface area contributed by atoms with Crippen molar-refractivity contribution in [1.29, 1.82) is 0 Å². The fourth-order valence-corrected chi connectivity index (χ4v) is 5.34. The van der Waals surface area contributed by atoms with Crippen LogP contribution in [0.25, 0.3) is 37.5 Å². The highest BCUT2D eigenvalue weighted by Gasteiger charge is 2.18. The first-order chi connectivity index (χ1) is 16.0. The van der Waals surface area contributed by atoms with E-state index in [1.54, 1.807) is 24.6 Å². The maximum atomic E-state index is 9.73. The molecule has 0 amide bonds. The maximum absolute atomic E-state index is 9.73. The number of aryl methyl sites for hydroxylation is 1. The molecule has 6 heteroatoms. The summed E-state index contributed by atoms with van der Waals surface area (Å²) in [6.45, 7) is 4.12. The lowest BCUT2D eigenvalue weighted by Crippen LogP contribution is -2.00. The van der Waals surface area contributed by atoms with Crippen LogP contribution in [0.3, 0.4) is 0 Å². The van der Waals surface area contributed by atoms with E-state index in [1.807, 2.05) is 43.3 Å². The van der Waals surface area contributed by atoms with Crippen LogP contribution in [0.5, 0.6) is 0 Å². The smallest absolute Gasteiger partial charge is 0.124 e. The van der Waals surface area contributed by atoms with Gasteiger partial charge in [-0.25, -0.2) is 4.98 Å². The molecule has 4 aromatic rings. The molecule has 0 bridgehead atoms. The number of hydrogen-bond acceptors (Lipinski definition) is 5. The molecular weight excluding hydrogens is 450 g/mol. The van der Waals surface area contributed by atoms with Gasteiger partial charge >= 0.3 is 0 Å². The summed E-state index contributed by atoms with van der Waals surface area (Å²) < 4.78 is 1.10. The maximum Gasteiger partial charge on any atom is 0.124 e. The monoisotopic (exact) mass is 475 g/mol. The van der Waals surface area contributed by atoms with Crippen molar-refractivity contribution in [2.75, 3.05) is 13.7 Å². The molecule has 3 aromatic carbocycles. The first kappa shape index (κ1) is 23.2. The van der Waals surface area contributed by atoms with Gasteiger partial charge in [0.25, 0.3) is 0 Å². The topological polar surface area (TPSA) is 71.5 Å². The number of aliphatic hydroxyl groups excluding tert-OH is 1. The molecule has 0 saturated heterocycles. The molecule has 0 spiro atoms. The molecule has 33 heavy (non-hydrogen) atoms. The minimum atomic E-state index is 0.0905. The van der Waals surface area contributed by atoms with Crippen molar-refractivity contribution in [3.8, 4) is 21.7 Å². The highest BCUT2D eigenvalue weighted by molar-refractivity contribution is 7.22. The van der Waals surface area contributed by atoms with Crippen LogP contribution in [0.2, 0.25) is 5.02 Å². The van der Waals surface area contributed by atoms with Crippen LogP contribution in [-0.4, -0.2) is 29.5 Å². The molecule has 4 nitrogen and oxygen atoms in total. The third-order valence-electron chi connectivity index (χ3n) is 5.82. The van der Waals surface area contributed by atoms with Crippen LogP contribution in [0.4, 0.5) is 0 Å². The lowest BCUT2D eigenvalue weighted by atomic mass is 9.93. The van der Waals surface area contributed by atoms with E-state index in [1.165, 1.54) is 0 Å². The Morgan fingerprint density at radius 1 is 1.15 bits per heavy atom. The molecule has 0 saturated carbocycles. The first-order valence-electron chi connectivity index (χ1n) is 10.7. The van der Waals surface area contributed by atoms with Gasteiger partial charge in [-0.1, -0.05) is 41.9 Å². The molecule has 1 heterocycles. The van der Waals surface area contributed by atoms with Crippen molar-refractivity contribution in [3.05, 3.63) is 82.5 Å². The van der Waals surface area contributed by atoms with Gasteiger partial charge in [0.2, 0.25) is 0 Å². The number of nitrogens with two attached hydrogens (primary N) is 1. The summed E-state index contributed by atoms with van der Waals surface area (Å²) in [5.41, 5.74) is 15.1. The molecule has 1 aromatic heterocycles. The lowest BCUT2D eigenvalue weighted by Gasteiger charge is -2.13. The second kappa shape index (κ2) is 9.87. The fraction of sp³-hybridized carbons (Fsp3) is 0.185. The zero-order valence-corrected chi connectivity index (χ0v) is 20.5. The van der Waals surface area contributed by atoms with Crippen molar-refractivity contribution in [2.24, 2.45) is 10.7 Å². The zero-order valence-electron chi connectivity index (χ0n) is 18.9. The van der Waals surface area contributed by atoms with E-state index in [0.29, 0.717) is 11.4 Å². The molecule has 0 radical (unpaired) electrons. The van der Waals surface area contributed by atoms with Crippen LogP contribution >= 0.6 is 22.9 Å². The van der Waals surface area contributed by atoms with Gasteiger partial charge in [-0.15, -0.1) is 11.3 Å². The van der Waals surface area contributed by atoms with Crippen LogP contribution in [-0.2, 0) is 6.42 Å². The van der Waals surface area contributed by atoms with Gasteiger partial charge in [-0.3, -0.25) is 4.99 Å². The van der Waals surface area contributed by atoms with Crippen molar-refractivity contribution in [3.63, 3.8) is 0 Å². The Kier molecular flexibility index (Phi) is 6.94. The number of aliphatic hydroxyl groups is 1. The van der Waals surface area contributed by atoms with E-state index < -0.39 is 0 Å². The Balaban J connectivity index is 1.91. The van der Waals surface area contributed by atoms with E-state index in [2.05, 4.69) is 30.1 Å². The Bertz CT molecular complexity index is 1370. The summed E-state index contributed by atoms with van der Waals surface area (Å²) in [7, 11) is 1.76. The van der Waals surface area contributed by atoms with Crippen molar-refractivity contribution in [2.45, 2.75) is 20.3 Å². The molecule has 0 unspecified atom stereocenters. The predicted molar refractivity (Wildman–Crippen MR) is 142 cm³/mol. The normalized spacial score (nSPS) is 12.5. The second-order valence-electron chi connectivity index (χ2n) is 7.86. The van der Waals surface area contributed by atoms with Gasteiger partial charge in [0, 0.05) is 47.3 Å². The van der Waals surface area contributed by atoms with E-state index in [0.717, 1.165) is 59.9 Å². The van der Waals surface area contributed by atoms with Gasteiger partial charge in [0.05, 0.1) is 10.2 Å². The number of benzene rings is 3. The molecular formula is C27H26ClN3OS. The van der Waals surface area contributed by atoms with Crippen LogP contribution in [0.15, 0.2) is 65.8 Å². The standard InChI is InChI=1S/C27H26ClN3OS/c1-16-13-24-26(25(22(16)11-12-32)18-7-9-21(28)10-8-18)33-27(31-24)20-6-4-5-19(14-20)23(15-29)17(2)30-3/h4-10,13-15,32H,11-12,29H2,1-3H3/b23-15+,30-17?. The second-order valence-corrected chi connectivity index (χ2v) is 9.30. The van der Waals surface area contributed by atoms with E-state index in [4.69, 9.17) is 22.3 Å². The fourth-order valence-electron chi connectivity index (χ4n) is 4.08. The van der Waals surface area contributed by atoms with Crippen molar-refractivity contribution in [1.82, 2.24) is 4.98 Å². The molecule has 3 N–H and O–H groups in total. The van der Waals surface area contributed by atoms with Gasteiger partial charge in [0.1, 0.15) is 5.01 Å². The number of halogens is 1. The van der Waals surface area contributed by atoms with E-state index in [9.17, 15) is 5.11 Å². The summed E-state index contributed by atoms with van der Waals surface area (Å²) in [6.07, 6.45) is 2.19. The predicted octanol–water partition coefficient (Wildman–Crippen LogP) is 6.52. The van der Waals surface area contributed by atoms with Crippen molar-refractivity contribution < 1.29 is 5.11 Å². The van der Waals surface area contributed by atoms with Crippen LogP contribution in [0.1, 0.15) is 23.6 Å². The number of thiazole rings is 1. The summed E-state index contributed by atoms with van der Waals surface area (Å²) in [5, 5.41) is 11.4. The number of rotatable bonds is 6. The zero-order chi connectivity index (χ0) is 23.5. The average Bonchev–Trinajstić information content (AvgIpc) is 3.24. The minimum Gasteiger partial charge on any atom is -0.404 e. The summed E-state index contributed by atoms with van der Waals surface area (Å²) in [5.74, 6) is 0. The molecule has 0 atom stereocenters. The molecule has 0 aliphatic heterocycles. The highest BCUT2D eigenvalue weighted by Crippen LogP contribution is 2.41. The molecule has 0 aliphatic rings. The third kappa shape index (κ3) is 4.58. The molecule has 4 rings (SSSR count). The Morgan fingerprint density at radius 2 is 1.91 bits per heavy atom. The Hall–Kier alpha value is -2.99. The number of fused-ring (bicyclic) bond motifs is 1. The SMILES string of the molecule is CN=C(C)/C(=C\N)c1cccc(-c2nc3cc(C)c(CCO)c(-c4ccc(Cl)cc4)c3s2)c1. The number of allylic oxidation sites excluding steroid dienone is 1. The first-order valence-corrected chi connectivity index (χ1v) is 11.9. The van der Waals surface area contributed by atoms with Crippen molar-refractivity contribution >= 4 is 44.4 Å². The van der Waals surface area contributed by atoms with Gasteiger partial charge < -0.3 is 10.8 Å². The molecule has 168 valence electrons. The van der Waals surface area contributed by atoms with Crippen LogP contribution < -0.4 is 5.73 Å². The number of hydrogen-bond donors (Lipinski definition) is 2. The Morgan fingerprint density at radius 3 is 2.58 bits per heavy atom. The highest BCUT2D eigenvalue weighted by atomic mass is 35.5. The van der Waals surface area contributed by atoms with E-state index in [-0.39, 0.29) is 6.61 Å². The minimum absolute atomic E-state index is 0.0905. The van der Waals surface area contributed by atoms with Gasteiger partial charge in [-0.05, 0) is 66.8 Å².